The van der Waals surface area contributed by atoms with Gasteiger partial charge in [0.05, 0.1) is 6.10 Å². The van der Waals surface area contributed by atoms with Crippen molar-refractivity contribution in [2.45, 2.75) is 38.7 Å². The van der Waals surface area contributed by atoms with Crippen LogP contribution in [0.25, 0.3) is 0 Å². The van der Waals surface area contributed by atoms with Gasteiger partial charge in [-0.2, -0.15) is 0 Å². The van der Waals surface area contributed by atoms with E-state index in [4.69, 9.17) is 10.5 Å². The summed E-state index contributed by atoms with van der Waals surface area (Å²) in [4.78, 5) is 0. The Bertz CT molecular complexity index is 131. The second kappa shape index (κ2) is 7.21. The van der Waals surface area contributed by atoms with Crippen LogP contribution in [0.5, 0.6) is 0 Å². The van der Waals surface area contributed by atoms with Crippen LogP contribution < -0.4 is 11.1 Å². The molecule has 1 aliphatic heterocycles. The third-order valence-corrected chi connectivity index (χ3v) is 2.99. The molecule has 1 fully saturated rings. The van der Waals surface area contributed by atoms with E-state index in [0.717, 1.165) is 32.7 Å². The standard InChI is InChI=1S/C11H24N2O/c1-2-10(7-12)8-13-9-11-5-3-4-6-14-11/h10-11,13H,2-9,12H2,1H3. The molecule has 0 bridgehead atoms. The summed E-state index contributed by atoms with van der Waals surface area (Å²) in [6, 6.07) is 0. The fourth-order valence-corrected chi connectivity index (χ4v) is 1.81. The van der Waals surface area contributed by atoms with Gasteiger partial charge >= 0.3 is 0 Å². The molecule has 0 aromatic rings. The predicted molar refractivity (Wildman–Crippen MR) is 59.3 cm³/mol. The highest BCUT2D eigenvalue weighted by Crippen LogP contribution is 2.11. The van der Waals surface area contributed by atoms with Crippen molar-refractivity contribution in [1.29, 1.82) is 0 Å². The maximum atomic E-state index is 5.63. The van der Waals surface area contributed by atoms with E-state index in [0.29, 0.717) is 12.0 Å². The molecule has 0 spiro atoms. The molecule has 2 unspecified atom stereocenters. The quantitative estimate of drug-likeness (QED) is 0.675. The number of ether oxygens (including phenoxy) is 1. The Hall–Kier alpha value is -0.120. The first-order valence-corrected chi connectivity index (χ1v) is 5.89. The molecule has 0 aromatic carbocycles. The Labute approximate surface area is 87.4 Å². The maximum Gasteiger partial charge on any atom is 0.0699 e. The average Bonchev–Trinajstić information content (AvgIpc) is 2.26. The van der Waals surface area contributed by atoms with Gasteiger partial charge in [0.15, 0.2) is 0 Å². The predicted octanol–water partition coefficient (Wildman–Crippen LogP) is 1.13. The Kier molecular flexibility index (Phi) is 6.15. The van der Waals surface area contributed by atoms with Crippen molar-refractivity contribution in [3.8, 4) is 0 Å². The summed E-state index contributed by atoms with van der Waals surface area (Å²) in [5.41, 5.74) is 5.63. The van der Waals surface area contributed by atoms with Crippen molar-refractivity contribution in [2.75, 3.05) is 26.2 Å². The highest BCUT2D eigenvalue weighted by atomic mass is 16.5. The van der Waals surface area contributed by atoms with Crippen molar-refractivity contribution in [3.63, 3.8) is 0 Å². The topological polar surface area (TPSA) is 47.3 Å². The van der Waals surface area contributed by atoms with Crippen LogP contribution in [0.15, 0.2) is 0 Å². The molecule has 14 heavy (non-hydrogen) atoms. The molecular formula is C11H24N2O. The van der Waals surface area contributed by atoms with Gasteiger partial charge in [0.1, 0.15) is 0 Å². The summed E-state index contributed by atoms with van der Waals surface area (Å²) in [7, 11) is 0. The van der Waals surface area contributed by atoms with Crippen molar-refractivity contribution in [3.05, 3.63) is 0 Å². The molecule has 84 valence electrons. The zero-order chi connectivity index (χ0) is 10.2. The minimum absolute atomic E-state index is 0.444. The zero-order valence-electron chi connectivity index (χ0n) is 9.30. The first-order valence-electron chi connectivity index (χ1n) is 5.89. The van der Waals surface area contributed by atoms with Crippen LogP contribution in [0.3, 0.4) is 0 Å². The third-order valence-electron chi connectivity index (χ3n) is 2.99. The Morgan fingerprint density at radius 3 is 2.93 bits per heavy atom. The van der Waals surface area contributed by atoms with Crippen LogP contribution in [0.1, 0.15) is 32.6 Å². The molecule has 0 aliphatic carbocycles. The maximum absolute atomic E-state index is 5.63. The highest BCUT2D eigenvalue weighted by Gasteiger charge is 2.13. The summed E-state index contributed by atoms with van der Waals surface area (Å²) < 4.78 is 5.63. The molecule has 3 nitrogen and oxygen atoms in total. The molecule has 1 rings (SSSR count). The first-order chi connectivity index (χ1) is 6.86. The van der Waals surface area contributed by atoms with Crippen LogP contribution in [-0.2, 0) is 4.74 Å². The van der Waals surface area contributed by atoms with Crippen LogP contribution >= 0.6 is 0 Å². The molecule has 1 saturated heterocycles. The number of hydrogen-bond acceptors (Lipinski definition) is 3. The number of nitrogens with two attached hydrogens (primary N) is 1. The molecule has 3 N–H and O–H groups in total. The fourth-order valence-electron chi connectivity index (χ4n) is 1.81. The van der Waals surface area contributed by atoms with Crippen molar-refractivity contribution >= 4 is 0 Å². The van der Waals surface area contributed by atoms with Gasteiger partial charge in [-0.1, -0.05) is 13.3 Å². The van der Waals surface area contributed by atoms with E-state index in [2.05, 4.69) is 12.2 Å². The lowest BCUT2D eigenvalue weighted by Gasteiger charge is -2.23. The van der Waals surface area contributed by atoms with Crippen LogP contribution in [0.2, 0.25) is 0 Å². The molecule has 1 heterocycles. The Balaban J connectivity index is 2.01. The second-order valence-electron chi connectivity index (χ2n) is 4.16. The van der Waals surface area contributed by atoms with Gasteiger partial charge in [-0.05, 0) is 38.3 Å². The van der Waals surface area contributed by atoms with Crippen molar-refractivity contribution < 1.29 is 4.74 Å². The lowest BCUT2D eigenvalue weighted by molar-refractivity contribution is 0.0165. The summed E-state index contributed by atoms with van der Waals surface area (Å²) in [5, 5.41) is 3.45. The van der Waals surface area contributed by atoms with Crippen molar-refractivity contribution in [1.82, 2.24) is 5.32 Å². The molecule has 3 heteroatoms. The van der Waals surface area contributed by atoms with Gasteiger partial charge in [-0.3, -0.25) is 0 Å². The molecule has 0 aromatic heterocycles. The van der Waals surface area contributed by atoms with E-state index in [1.54, 1.807) is 0 Å². The number of rotatable bonds is 6. The van der Waals surface area contributed by atoms with Gasteiger partial charge in [-0.25, -0.2) is 0 Å². The summed E-state index contributed by atoms with van der Waals surface area (Å²) in [6.07, 6.45) is 5.37. The van der Waals surface area contributed by atoms with Gasteiger partial charge in [-0.15, -0.1) is 0 Å². The monoisotopic (exact) mass is 200 g/mol. The molecule has 0 saturated carbocycles. The van der Waals surface area contributed by atoms with Gasteiger partial charge in [0.2, 0.25) is 0 Å². The molecule has 2 atom stereocenters. The lowest BCUT2D eigenvalue weighted by atomic mass is 10.1. The minimum atomic E-state index is 0.444. The van der Waals surface area contributed by atoms with Crippen molar-refractivity contribution in [2.24, 2.45) is 11.7 Å². The summed E-state index contributed by atoms with van der Waals surface area (Å²) in [5.74, 6) is 0.624. The Morgan fingerprint density at radius 1 is 1.50 bits per heavy atom. The normalized spacial score (nSPS) is 24.9. The summed E-state index contributed by atoms with van der Waals surface area (Å²) >= 11 is 0. The van der Waals surface area contributed by atoms with Crippen LogP contribution in [-0.4, -0.2) is 32.3 Å². The minimum Gasteiger partial charge on any atom is -0.377 e. The van der Waals surface area contributed by atoms with E-state index < -0.39 is 0 Å². The smallest absolute Gasteiger partial charge is 0.0699 e. The fraction of sp³-hybridized carbons (Fsp3) is 1.00. The Morgan fingerprint density at radius 2 is 2.36 bits per heavy atom. The third kappa shape index (κ3) is 4.40. The van der Waals surface area contributed by atoms with E-state index in [-0.39, 0.29) is 0 Å². The van der Waals surface area contributed by atoms with Gasteiger partial charge < -0.3 is 15.8 Å². The lowest BCUT2D eigenvalue weighted by Crippen LogP contribution is -2.36. The van der Waals surface area contributed by atoms with Crippen LogP contribution in [0.4, 0.5) is 0 Å². The average molecular weight is 200 g/mol. The molecular weight excluding hydrogens is 176 g/mol. The SMILES string of the molecule is CCC(CN)CNCC1CCCCO1. The van der Waals surface area contributed by atoms with E-state index in [9.17, 15) is 0 Å². The number of nitrogens with one attached hydrogen (secondary N) is 1. The van der Waals surface area contributed by atoms with Gasteiger partial charge in [0, 0.05) is 13.2 Å². The van der Waals surface area contributed by atoms with E-state index in [1.807, 2.05) is 0 Å². The zero-order valence-corrected chi connectivity index (χ0v) is 9.30. The highest BCUT2D eigenvalue weighted by molar-refractivity contribution is 4.68. The second-order valence-corrected chi connectivity index (χ2v) is 4.16. The van der Waals surface area contributed by atoms with Gasteiger partial charge in [0.25, 0.3) is 0 Å². The molecule has 0 radical (unpaired) electrons. The number of hydrogen-bond donors (Lipinski definition) is 2. The summed E-state index contributed by atoms with van der Waals surface area (Å²) in [6.45, 7) is 5.95. The molecule has 1 aliphatic rings. The van der Waals surface area contributed by atoms with Crippen LogP contribution in [0, 0.1) is 5.92 Å². The van der Waals surface area contributed by atoms with E-state index >= 15 is 0 Å². The largest absolute Gasteiger partial charge is 0.377 e. The van der Waals surface area contributed by atoms with E-state index in [1.165, 1.54) is 19.3 Å². The first kappa shape index (κ1) is 12.0. The molecule has 0 amide bonds.